The molecule has 0 saturated carbocycles. The van der Waals surface area contributed by atoms with Gasteiger partial charge in [-0.05, 0) is 74.1 Å². The third-order valence-electron chi connectivity index (χ3n) is 9.53. The number of fused-ring (bicyclic) bond motifs is 5. The molecule has 3 N–H and O–H groups in total. The van der Waals surface area contributed by atoms with Gasteiger partial charge in [-0.2, -0.15) is 0 Å². The van der Waals surface area contributed by atoms with Crippen molar-refractivity contribution in [1.29, 1.82) is 0 Å². The highest BCUT2D eigenvalue weighted by molar-refractivity contribution is 6.24. The molecule has 1 fully saturated rings. The molecule has 0 spiro atoms. The zero-order chi connectivity index (χ0) is 31.6. The molecular formula is C35H36N4O5. The first-order valence-corrected chi connectivity index (χ1v) is 14.9. The van der Waals surface area contributed by atoms with E-state index in [2.05, 4.69) is 25.7 Å². The molecule has 3 atom stereocenters. The lowest BCUT2D eigenvalue weighted by Crippen LogP contribution is -2.25. The molecule has 0 radical (unpaired) electrons. The molecule has 6 rings (SSSR count). The predicted molar refractivity (Wildman–Crippen MR) is 170 cm³/mol. The van der Waals surface area contributed by atoms with Crippen molar-refractivity contribution in [3.63, 3.8) is 0 Å². The number of hydrogen-bond donors (Lipinski definition) is 3. The smallest absolute Gasteiger partial charge is 0.321 e. The molecule has 1 unspecified atom stereocenters. The second kappa shape index (κ2) is 10.7. The second-order valence-corrected chi connectivity index (χ2v) is 11.8. The molecule has 0 amide bonds. The average molecular weight is 593 g/mol. The summed E-state index contributed by atoms with van der Waals surface area (Å²) >= 11 is 0. The van der Waals surface area contributed by atoms with Gasteiger partial charge in [-0.15, -0.1) is 0 Å². The molecule has 5 heterocycles. The zero-order valence-corrected chi connectivity index (χ0v) is 25.8. The number of ether oxygens (including phenoxy) is 1. The molecule has 1 aliphatic carbocycles. The summed E-state index contributed by atoms with van der Waals surface area (Å²) in [5.74, 6) is -3.14. The summed E-state index contributed by atoms with van der Waals surface area (Å²) in [6, 6.07) is 0. The largest absolute Gasteiger partial charge is 0.510 e. The quantitative estimate of drug-likeness (QED) is 0.319. The standard InChI is InChI=1S/C35H36N4O5/c1-8-19-15(3)22-12-24-17(5)21(10-11-28(40)41)32(38-24)30-31(35(43)44-7)34(42)29-18(6)25(39-33(29)30)14-27-20(9-2)16(4)23(37-27)13-26(19)36-22/h8,12-14,17,21,31,38,42H,1,9-11H2,2-7H3,(H,40,41)/t17-,21-,31?/m1/s1. The maximum Gasteiger partial charge on any atom is 0.321 e. The van der Waals surface area contributed by atoms with Crippen molar-refractivity contribution in [2.75, 3.05) is 7.11 Å². The maximum absolute atomic E-state index is 13.2. The van der Waals surface area contributed by atoms with E-state index in [4.69, 9.17) is 19.7 Å². The van der Waals surface area contributed by atoms with Gasteiger partial charge in [0.15, 0.2) is 0 Å². The Hall–Kier alpha value is -4.79. The number of esters is 1. The number of rotatable bonds is 6. The van der Waals surface area contributed by atoms with Crippen molar-refractivity contribution in [2.24, 2.45) is 32.7 Å². The summed E-state index contributed by atoms with van der Waals surface area (Å²) in [5.41, 5.74) is 11.6. The summed E-state index contributed by atoms with van der Waals surface area (Å²) in [6.07, 6.45) is 8.76. The molecule has 9 nitrogen and oxygen atoms in total. The van der Waals surface area contributed by atoms with Crippen LogP contribution in [0.5, 0.6) is 0 Å². The minimum absolute atomic E-state index is 0.0595. The van der Waals surface area contributed by atoms with Gasteiger partial charge in [0, 0.05) is 46.4 Å². The summed E-state index contributed by atoms with van der Waals surface area (Å²) in [4.78, 5) is 40.0. The van der Waals surface area contributed by atoms with Crippen molar-refractivity contribution >= 4 is 29.1 Å². The van der Waals surface area contributed by atoms with E-state index in [0.29, 0.717) is 34.7 Å². The van der Waals surface area contributed by atoms with E-state index < -0.39 is 17.9 Å². The number of nitrogens with zero attached hydrogens (tertiary/aromatic N) is 3. The predicted octanol–water partition coefficient (Wildman–Crippen LogP) is 6.11. The van der Waals surface area contributed by atoms with E-state index in [1.54, 1.807) is 0 Å². The lowest BCUT2D eigenvalue weighted by molar-refractivity contribution is -0.143. The minimum Gasteiger partial charge on any atom is -0.510 e. The van der Waals surface area contributed by atoms with Crippen molar-refractivity contribution < 1.29 is 24.5 Å². The Morgan fingerprint density at radius 1 is 1.05 bits per heavy atom. The number of nitrogens with one attached hydrogen (secondary N) is 1. The van der Waals surface area contributed by atoms with Gasteiger partial charge in [-0.1, -0.05) is 26.5 Å². The normalized spacial score (nSPS) is 25.6. The molecule has 6 aliphatic rings. The van der Waals surface area contributed by atoms with E-state index in [1.807, 2.05) is 45.1 Å². The van der Waals surface area contributed by atoms with E-state index in [0.717, 1.165) is 62.8 Å². The summed E-state index contributed by atoms with van der Waals surface area (Å²) < 4.78 is 5.17. The Morgan fingerprint density at radius 2 is 1.75 bits per heavy atom. The molecule has 5 aliphatic heterocycles. The number of carboxylic acids is 1. The number of carboxylic acid groups (broad SMARTS) is 1. The van der Waals surface area contributed by atoms with Crippen LogP contribution in [0.1, 0.15) is 53.9 Å². The van der Waals surface area contributed by atoms with Gasteiger partial charge >= 0.3 is 11.9 Å². The minimum atomic E-state index is -1.09. The fraction of sp³-hybridized carbons (Fsp3) is 0.343. The lowest BCUT2D eigenvalue weighted by atomic mass is 9.84. The Morgan fingerprint density at radius 3 is 2.41 bits per heavy atom. The van der Waals surface area contributed by atoms with Crippen LogP contribution in [0.15, 0.2) is 119 Å². The van der Waals surface area contributed by atoms with Gasteiger partial charge < -0.3 is 20.3 Å². The fourth-order valence-corrected chi connectivity index (χ4v) is 7.05. The maximum atomic E-state index is 13.2. The van der Waals surface area contributed by atoms with Gasteiger partial charge in [0.2, 0.25) is 0 Å². The van der Waals surface area contributed by atoms with E-state index in [9.17, 15) is 19.8 Å². The van der Waals surface area contributed by atoms with Crippen LogP contribution in [0, 0.1) is 17.8 Å². The number of carbonyl (C=O) groups excluding carboxylic acids is 1. The van der Waals surface area contributed by atoms with Gasteiger partial charge in [-0.3, -0.25) is 9.59 Å². The molecule has 0 aromatic rings. The molecule has 44 heavy (non-hydrogen) atoms. The van der Waals surface area contributed by atoms with Crippen LogP contribution in [0.3, 0.4) is 0 Å². The number of hydrogen-bond acceptors (Lipinski definition) is 8. The number of carbonyl (C=O) groups is 2. The van der Waals surface area contributed by atoms with Crippen molar-refractivity contribution in [3.8, 4) is 0 Å². The molecule has 8 bridgehead atoms. The lowest BCUT2D eigenvalue weighted by Gasteiger charge is -2.20. The van der Waals surface area contributed by atoms with Gasteiger partial charge in [-0.25, -0.2) is 15.0 Å². The van der Waals surface area contributed by atoms with Crippen LogP contribution in [0.4, 0.5) is 0 Å². The SMILES string of the molecule is C=CC1=C(C)C2=NC1=CC1=NC(=CC3=C(C)C4=C(O)C(C(=O)OC)C(=C5NC(=C2)[C@H](C)[C@H]5CCC(=O)O)C4=N3)C(CC)=C1C. The third-order valence-corrected chi connectivity index (χ3v) is 9.53. The highest BCUT2D eigenvalue weighted by atomic mass is 16.5. The van der Waals surface area contributed by atoms with E-state index in [1.165, 1.54) is 7.11 Å². The fourth-order valence-electron chi connectivity index (χ4n) is 7.05. The Bertz CT molecular complexity index is 1810. The van der Waals surface area contributed by atoms with Gasteiger partial charge in [0.1, 0.15) is 11.7 Å². The molecule has 9 heteroatoms. The molecule has 226 valence electrons. The highest BCUT2D eigenvalue weighted by Gasteiger charge is 2.49. The van der Waals surface area contributed by atoms with Crippen molar-refractivity contribution in [3.05, 3.63) is 104 Å². The van der Waals surface area contributed by atoms with Crippen LogP contribution < -0.4 is 5.32 Å². The van der Waals surface area contributed by atoms with E-state index in [-0.39, 0.29) is 24.0 Å². The van der Waals surface area contributed by atoms with Gasteiger partial charge in [0.25, 0.3) is 0 Å². The van der Waals surface area contributed by atoms with E-state index >= 15 is 0 Å². The first-order valence-electron chi connectivity index (χ1n) is 14.9. The molecule has 0 aromatic carbocycles. The zero-order valence-electron chi connectivity index (χ0n) is 25.8. The first-order chi connectivity index (χ1) is 21.0. The third kappa shape index (κ3) is 4.32. The van der Waals surface area contributed by atoms with Crippen LogP contribution in [-0.4, -0.2) is 46.4 Å². The summed E-state index contributed by atoms with van der Waals surface area (Å²) in [6.45, 7) is 14.1. The molecule has 0 aromatic heterocycles. The Balaban J connectivity index is 1.67. The Labute approximate surface area is 256 Å². The number of aliphatic imine (C=N–C) groups is 3. The second-order valence-electron chi connectivity index (χ2n) is 11.8. The van der Waals surface area contributed by atoms with Crippen LogP contribution in [-0.2, 0) is 14.3 Å². The van der Waals surface area contributed by atoms with Gasteiger partial charge in [0.05, 0.1) is 41.3 Å². The summed E-state index contributed by atoms with van der Waals surface area (Å²) in [5, 5.41) is 24.7. The highest BCUT2D eigenvalue weighted by Crippen LogP contribution is 2.49. The number of methoxy groups -OCH3 is 1. The summed E-state index contributed by atoms with van der Waals surface area (Å²) in [7, 11) is 1.29. The molecular weight excluding hydrogens is 556 g/mol. The number of aliphatic hydroxyl groups excluding tert-OH is 1. The molecule has 1 saturated heterocycles. The number of aliphatic hydroxyl groups is 1. The number of aliphatic carboxylic acids is 1. The Kier molecular flexibility index (Phi) is 7.14. The topological polar surface area (TPSA) is 133 Å². The van der Waals surface area contributed by atoms with Crippen molar-refractivity contribution in [1.82, 2.24) is 5.32 Å². The number of allylic oxidation sites excluding steroid dienone is 11. The average Bonchev–Trinajstić information content (AvgIpc) is 3.72. The van der Waals surface area contributed by atoms with Crippen LogP contribution >= 0.6 is 0 Å². The first kappa shape index (κ1) is 29.3. The monoisotopic (exact) mass is 592 g/mol. The van der Waals surface area contributed by atoms with Crippen LogP contribution in [0.25, 0.3) is 0 Å². The van der Waals surface area contributed by atoms with Crippen molar-refractivity contribution in [2.45, 2.75) is 53.9 Å². The van der Waals surface area contributed by atoms with Crippen LogP contribution in [0.2, 0.25) is 0 Å².